The maximum absolute atomic E-state index is 12.2. The number of hydrogen-bond acceptors (Lipinski definition) is 4. The number of nitrogens with one attached hydrogen (secondary N) is 2. The number of hydrogen-bond donors (Lipinski definition) is 2. The second kappa shape index (κ2) is 9.25. The van der Waals surface area contributed by atoms with Gasteiger partial charge in [-0.25, -0.2) is 13.1 Å². The predicted octanol–water partition coefficient (Wildman–Crippen LogP) is 3.20. The third kappa shape index (κ3) is 6.27. The summed E-state index contributed by atoms with van der Waals surface area (Å²) in [4.78, 5) is 23.3. The van der Waals surface area contributed by atoms with Crippen LogP contribution in [0.5, 0.6) is 0 Å². The molecule has 1 unspecified atom stereocenters. The second-order valence-corrected chi connectivity index (χ2v) is 8.75. The molecule has 0 spiro atoms. The Kier molecular flexibility index (Phi) is 7.29. The fourth-order valence-electron chi connectivity index (χ4n) is 2.40. The van der Waals surface area contributed by atoms with E-state index in [4.69, 9.17) is 0 Å². The summed E-state index contributed by atoms with van der Waals surface area (Å²) in [6, 6.07) is 13.1. The van der Waals surface area contributed by atoms with E-state index in [1.807, 2.05) is 31.2 Å². The van der Waals surface area contributed by atoms with Gasteiger partial charge in [0.2, 0.25) is 15.9 Å². The van der Waals surface area contributed by atoms with E-state index < -0.39 is 10.0 Å². The number of benzene rings is 2. The highest BCUT2D eigenvalue weighted by Crippen LogP contribution is 2.16. The van der Waals surface area contributed by atoms with Gasteiger partial charge in [-0.05, 0) is 43.7 Å². The van der Waals surface area contributed by atoms with Crippen LogP contribution in [0.4, 0.5) is 0 Å². The van der Waals surface area contributed by atoms with E-state index in [0.717, 1.165) is 10.0 Å². The molecule has 0 aliphatic heterocycles. The quantitative estimate of drug-likeness (QED) is 0.601. The summed E-state index contributed by atoms with van der Waals surface area (Å²) in [6.07, 6.45) is 0.0195. The Hall–Kier alpha value is -2.03. The summed E-state index contributed by atoms with van der Waals surface area (Å²) in [7, 11) is -3.73. The van der Waals surface area contributed by atoms with Crippen molar-refractivity contribution in [2.45, 2.75) is 31.2 Å². The van der Waals surface area contributed by atoms with Gasteiger partial charge in [0.1, 0.15) is 0 Å². The predicted molar refractivity (Wildman–Crippen MR) is 107 cm³/mol. The third-order valence-corrected chi connectivity index (χ3v) is 5.97. The highest BCUT2D eigenvalue weighted by Gasteiger charge is 2.15. The maximum atomic E-state index is 12.2. The minimum atomic E-state index is -3.73. The largest absolute Gasteiger partial charge is 0.350 e. The Labute approximate surface area is 167 Å². The standard InChI is InChI=1S/C19H21BrN2O4S/c1-13(15-3-7-17(20)8-4-15)22-19(24)11-12-21-27(25,26)18-9-5-16(6-10-18)14(2)23/h3-10,13,21H,11-12H2,1-2H3,(H,22,24). The van der Waals surface area contributed by atoms with Crippen molar-refractivity contribution < 1.29 is 18.0 Å². The number of amides is 1. The fourth-order valence-corrected chi connectivity index (χ4v) is 3.70. The van der Waals surface area contributed by atoms with E-state index >= 15 is 0 Å². The first-order valence-corrected chi connectivity index (χ1v) is 10.6. The lowest BCUT2D eigenvalue weighted by molar-refractivity contribution is -0.121. The molecule has 0 heterocycles. The number of halogens is 1. The normalized spacial score (nSPS) is 12.4. The van der Waals surface area contributed by atoms with Crippen LogP contribution < -0.4 is 10.0 Å². The molecule has 27 heavy (non-hydrogen) atoms. The Bertz CT molecular complexity index is 910. The first kappa shape index (κ1) is 21.3. The molecule has 0 radical (unpaired) electrons. The monoisotopic (exact) mass is 452 g/mol. The highest BCUT2D eigenvalue weighted by molar-refractivity contribution is 9.10. The van der Waals surface area contributed by atoms with Crippen molar-refractivity contribution in [1.29, 1.82) is 0 Å². The van der Waals surface area contributed by atoms with E-state index in [1.165, 1.54) is 31.2 Å². The van der Waals surface area contributed by atoms with Crippen molar-refractivity contribution >= 4 is 37.6 Å². The average molecular weight is 453 g/mol. The Morgan fingerprint density at radius 1 is 1.04 bits per heavy atom. The summed E-state index contributed by atoms with van der Waals surface area (Å²) in [5.74, 6) is -0.386. The molecule has 0 saturated heterocycles. The molecule has 2 rings (SSSR count). The number of carbonyl (C=O) groups is 2. The highest BCUT2D eigenvalue weighted by atomic mass is 79.9. The van der Waals surface area contributed by atoms with Crippen LogP contribution in [-0.4, -0.2) is 26.7 Å². The van der Waals surface area contributed by atoms with Crippen molar-refractivity contribution in [2.75, 3.05) is 6.54 Å². The molecule has 2 aromatic rings. The summed E-state index contributed by atoms with van der Waals surface area (Å²) in [5, 5.41) is 2.84. The molecule has 8 heteroatoms. The summed E-state index contributed by atoms with van der Waals surface area (Å²) >= 11 is 3.36. The van der Waals surface area contributed by atoms with E-state index in [9.17, 15) is 18.0 Å². The molecule has 0 aromatic heterocycles. The molecule has 6 nitrogen and oxygen atoms in total. The lowest BCUT2D eigenvalue weighted by Gasteiger charge is -2.14. The van der Waals surface area contributed by atoms with Crippen molar-refractivity contribution in [1.82, 2.24) is 10.0 Å². The van der Waals surface area contributed by atoms with Gasteiger partial charge in [-0.15, -0.1) is 0 Å². The van der Waals surface area contributed by atoms with Crippen molar-refractivity contribution in [2.24, 2.45) is 0 Å². The van der Waals surface area contributed by atoms with Gasteiger partial charge in [0.15, 0.2) is 5.78 Å². The van der Waals surface area contributed by atoms with Gasteiger partial charge in [0, 0.05) is 23.0 Å². The second-order valence-electron chi connectivity index (χ2n) is 6.07. The van der Waals surface area contributed by atoms with Crippen molar-refractivity contribution in [3.63, 3.8) is 0 Å². The number of carbonyl (C=O) groups excluding carboxylic acids is 2. The Morgan fingerprint density at radius 2 is 1.63 bits per heavy atom. The molecule has 144 valence electrons. The van der Waals surface area contributed by atoms with E-state index in [1.54, 1.807) is 0 Å². The summed E-state index contributed by atoms with van der Waals surface area (Å²) < 4.78 is 27.8. The molecule has 0 saturated carbocycles. The smallest absolute Gasteiger partial charge is 0.240 e. The minimum Gasteiger partial charge on any atom is -0.350 e. The third-order valence-electron chi connectivity index (χ3n) is 3.96. The molecule has 2 N–H and O–H groups in total. The molecular weight excluding hydrogens is 432 g/mol. The average Bonchev–Trinajstić information content (AvgIpc) is 2.62. The lowest BCUT2D eigenvalue weighted by Crippen LogP contribution is -2.32. The molecule has 0 aliphatic rings. The van der Waals surface area contributed by atoms with Gasteiger partial charge < -0.3 is 5.32 Å². The summed E-state index contributed by atoms with van der Waals surface area (Å²) in [5.41, 5.74) is 1.40. The van der Waals surface area contributed by atoms with Gasteiger partial charge in [-0.3, -0.25) is 9.59 Å². The Morgan fingerprint density at radius 3 is 2.19 bits per heavy atom. The fraction of sp³-hybridized carbons (Fsp3) is 0.263. The van der Waals surface area contributed by atoms with E-state index in [2.05, 4.69) is 26.0 Å². The van der Waals surface area contributed by atoms with Crippen LogP contribution in [0.1, 0.15) is 42.2 Å². The zero-order valence-corrected chi connectivity index (χ0v) is 17.4. The Balaban J connectivity index is 1.86. The molecule has 1 amide bonds. The molecule has 2 aromatic carbocycles. The first-order chi connectivity index (χ1) is 12.7. The summed E-state index contributed by atoms with van der Waals surface area (Å²) in [6.45, 7) is 3.26. The maximum Gasteiger partial charge on any atom is 0.240 e. The van der Waals surface area contributed by atoms with Gasteiger partial charge in [0.25, 0.3) is 0 Å². The molecule has 0 aliphatic carbocycles. The van der Waals surface area contributed by atoms with Crippen LogP contribution >= 0.6 is 15.9 Å². The zero-order valence-electron chi connectivity index (χ0n) is 15.0. The van der Waals surface area contributed by atoms with Crippen LogP contribution in [0, 0.1) is 0 Å². The number of ketones is 1. The molecule has 0 fully saturated rings. The van der Waals surface area contributed by atoms with Crippen molar-refractivity contribution in [3.05, 3.63) is 64.1 Å². The van der Waals surface area contributed by atoms with Gasteiger partial charge >= 0.3 is 0 Å². The SMILES string of the molecule is CC(=O)c1ccc(S(=O)(=O)NCCC(=O)NC(C)c2ccc(Br)cc2)cc1. The van der Waals surface area contributed by atoms with E-state index in [-0.39, 0.29) is 35.6 Å². The van der Waals surface area contributed by atoms with Crippen LogP contribution in [0.2, 0.25) is 0 Å². The van der Waals surface area contributed by atoms with E-state index in [0.29, 0.717) is 5.56 Å². The minimum absolute atomic E-state index is 0.0182. The molecule has 1 atom stereocenters. The lowest BCUT2D eigenvalue weighted by atomic mass is 10.1. The van der Waals surface area contributed by atoms with Crippen LogP contribution in [-0.2, 0) is 14.8 Å². The van der Waals surface area contributed by atoms with Gasteiger partial charge in [0.05, 0.1) is 10.9 Å². The number of Topliss-reactive ketones (excluding diaryl/α,β-unsaturated/α-hetero) is 1. The van der Waals surface area contributed by atoms with Gasteiger partial charge in [-0.1, -0.05) is 40.2 Å². The van der Waals surface area contributed by atoms with Crippen LogP contribution in [0.3, 0.4) is 0 Å². The molecule has 0 bridgehead atoms. The van der Waals surface area contributed by atoms with Crippen LogP contribution in [0.25, 0.3) is 0 Å². The van der Waals surface area contributed by atoms with Gasteiger partial charge in [-0.2, -0.15) is 0 Å². The first-order valence-electron chi connectivity index (χ1n) is 8.34. The zero-order chi connectivity index (χ0) is 20.0. The van der Waals surface area contributed by atoms with Crippen LogP contribution in [0.15, 0.2) is 57.9 Å². The number of rotatable bonds is 8. The van der Waals surface area contributed by atoms with Crippen molar-refractivity contribution in [3.8, 4) is 0 Å². The number of sulfonamides is 1. The molecular formula is C19H21BrN2O4S. The topological polar surface area (TPSA) is 92.3 Å².